The summed E-state index contributed by atoms with van der Waals surface area (Å²) in [5.74, 6) is 2.24. The number of hydrogen-bond acceptors (Lipinski definition) is 6. The van der Waals surface area contributed by atoms with Gasteiger partial charge in [-0.25, -0.2) is 4.39 Å². The predicted octanol–water partition coefficient (Wildman–Crippen LogP) is 5.94. The molecule has 1 aliphatic rings. The fourth-order valence-electron chi connectivity index (χ4n) is 5.26. The third-order valence-electron chi connectivity index (χ3n) is 7.21. The minimum absolute atomic E-state index is 0.200. The molecule has 6 nitrogen and oxygen atoms in total. The standard InChI is InChI=1S/C31H36FNO5/c1-21(34)38-28-13-12-27(35-2)26(30(28)25-6-5-7-29(36-3)31(25)37-4)20-23-15-18-33(19-16-23)17-14-22-8-10-24(32)11-9-22/h5-13,23H,14-20H2,1-4H3. The van der Waals surface area contributed by atoms with E-state index in [1.54, 1.807) is 27.4 Å². The predicted molar refractivity (Wildman–Crippen MR) is 146 cm³/mol. The molecule has 0 unspecified atom stereocenters. The van der Waals surface area contributed by atoms with Gasteiger partial charge in [-0.3, -0.25) is 4.79 Å². The third-order valence-corrected chi connectivity index (χ3v) is 7.21. The van der Waals surface area contributed by atoms with Crippen LogP contribution in [0.4, 0.5) is 4.39 Å². The molecule has 4 rings (SSSR count). The van der Waals surface area contributed by atoms with E-state index in [-0.39, 0.29) is 5.82 Å². The van der Waals surface area contributed by atoms with Crippen molar-refractivity contribution in [3.63, 3.8) is 0 Å². The van der Waals surface area contributed by atoms with Crippen LogP contribution in [0.1, 0.15) is 30.9 Å². The van der Waals surface area contributed by atoms with Crippen LogP contribution < -0.4 is 18.9 Å². The molecule has 38 heavy (non-hydrogen) atoms. The van der Waals surface area contributed by atoms with Crippen LogP contribution in [-0.2, 0) is 17.6 Å². The first-order chi connectivity index (χ1) is 18.4. The van der Waals surface area contributed by atoms with E-state index in [4.69, 9.17) is 18.9 Å². The number of para-hydroxylation sites is 1. The summed E-state index contributed by atoms with van der Waals surface area (Å²) in [6, 6.07) is 16.1. The minimum atomic E-state index is -0.390. The normalized spacial score (nSPS) is 14.2. The Morgan fingerprint density at radius 1 is 0.895 bits per heavy atom. The highest BCUT2D eigenvalue weighted by atomic mass is 19.1. The number of benzene rings is 3. The number of carbonyl (C=O) groups is 1. The molecule has 1 aliphatic heterocycles. The van der Waals surface area contributed by atoms with Crippen LogP contribution in [-0.4, -0.2) is 51.8 Å². The van der Waals surface area contributed by atoms with Crippen LogP contribution in [0.25, 0.3) is 11.1 Å². The van der Waals surface area contributed by atoms with E-state index in [9.17, 15) is 9.18 Å². The van der Waals surface area contributed by atoms with Crippen LogP contribution in [0.15, 0.2) is 54.6 Å². The summed E-state index contributed by atoms with van der Waals surface area (Å²) in [5, 5.41) is 0. The van der Waals surface area contributed by atoms with Crippen molar-refractivity contribution in [2.24, 2.45) is 5.92 Å². The van der Waals surface area contributed by atoms with Gasteiger partial charge in [0.15, 0.2) is 11.5 Å². The number of esters is 1. The summed E-state index contributed by atoms with van der Waals surface area (Å²) < 4.78 is 36.0. The lowest BCUT2D eigenvalue weighted by atomic mass is 9.85. The highest BCUT2D eigenvalue weighted by molar-refractivity contribution is 5.85. The Labute approximate surface area is 224 Å². The Balaban J connectivity index is 1.58. The van der Waals surface area contributed by atoms with E-state index in [0.29, 0.717) is 23.2 Å². The average Bonchev–Trinajstić information content (AvgIpc) is 2.93. The van der Waals surface area contributed by atoms with Crippen molar-refractivity contribution in [3.05, 3.63) is 71.5 Å². The van der Waals surface area contributed by atoms with Crippen LogP contribution in [0.5, 0.6) is 23.0 Å². The summed E-state index contributed by atoms with van der Waals surface area (Å²) in [4.78, 5) is 14.5. The second kappa shape index (κ2) is 12.8. The molecule has 1 saturated heterocycles. The van der Waals surface area contributed by atoms with Gasteiger partial charge in [0.25, 0.3) is 0 Å². The number of methoxy groups -OCH3 is 3. The third kappa shape index (κ3) is 6.45. The quantitative estimate of drug-likeness (QED) is 0.243. The molecule has 0 spiro atoms. The lowest BCUT2D eigenvalue weighted by Crippen LogP contribution is -2.35. The zero-order chi connectivity index (χ0) is 27.1. The fourth-order valence-corrected chi connectivity index (χ4v) is 5.26. The van der Waals surface area contributed by atoms with Crippen LogP contribution in [0, 0.1) is 11.7 Å². The highest BCUT2D eigenvalue weighted by Gasteiger charge is 2.27. The fraction of sp³-hybridized carbons (Fsp3) is 0.387. The van der Waals surface area contributed by atoms with Crippen molar-refractivity contribution in [2.45, 2.75) is 32.6 Å². The first-order valence-electron chi connectivity index (χ1n) is 13.0. The second-order valence-corrected chi connectivity index (χ2v) is 9.62. The van der Waals surface area contributed by atoms with E-state index < -0.39 is 5.97 Å². The smallest absolute Gasteiger partial charge is 0.308 e. The number of rotatable bonds is 10. The molecule has 1 fully saturated rings. The van der Waals surface area contributed by atoms with Gasteiger partial charge >= 0.3 is 5.97 Å². The molecule has 202 valence electrons. The molecule has 0 N–H and O–H groups in total. The maximum atomic E-state index is 13.2. The molecule has 0 aromatic heterocycles. The molecule has 0 bridgehead atoms. The van der Waals surface area contributed by atoms with Gasteiger partial charge in [-0.2, -0.15) is 0 Å². The Morgan fingerprint density at radius 3 is 2.21 bits per heavy atom. The van der Waals surface area contributed by atoms with Crippen LogP contribution in [0.3, 0.4) is 0 Å². The number of ether oxygens (including phenoxy) is 4. The van der Waals surface area contributed by atoms with Crippen molar-refractivity contribution in [3.8, 4) is 34.1 Å². The van der Waals surface area contributed by atoms with E-state index in [1.165, 1.54) is 19.1 Å². The van der Waals surface area contributed by atoms with E-state index in [1.807, 2.05) is 36.4 Å². The molecule has 3 aromatic carbocycles. The number of nitrogens with zero attached hydrogens (tertiary/aromatic N) is 1. The van der Waals surface area contributed by atoms with E-state index >= 15 is 0 Å². The molecule has 0 atom stereocenters. The van der Waals surface area contributed by atoms with E-state index in [2.05, 4.69) is 4.90 Å². The SMILES string of the molecule is COc1ccc(OC(C)=O)c(-c2cccc(OC)c2OC)c1CC1CCN(CCc2ccc(F)cc2)CC1. The summed E-state index contributed by atoms with van der Waals surface area (Å²) in [5.41, 5.74) is 3.71. The van der Waals surface area contributed by atoms with Crippen molar-refractivity contribution in [2.75, 3.05) is 41.0 Å². The van der Waals surface area contributed by atoms with Gasteiger partial charge in [0.1, 0.15) is 17.3 Å². The van der Waals surface area contributed by atoms with Crippen LogP contribution in [0.2, 0.25) is 0 Å². The molecule has 0 radical (unpaired) electrons. The molecule has 3 aromatic rings. The Kier molecular flexibility index (Phi) is 9.24. The van der Waals surface area contributed by atoms with Gasteiger partial charge < -0.3 is 23.8 Å². The van der Waals surface area contributed by atoms with E-state index in [0.717, 1.165) is 73.3 Å². The lowest BCUT2D eigenvalue weighted by molar-refractivity contribution is -0.131. The zero-order valence-corrected chi connectivity index (χ0v) is 22.6. The number of carbonyl (C=O) groups excluding carboxylic acids is 1. The average molecular weight is 522 g/mol. The molecule has 0 amide bonds. The monoisotopic (exact) mass is 521 g/mol. The van der Waals surface area contributed by atoms with Gasteiger partial charge in [-0.1, -0.05) is 24.3 Å². The number of halogens is 1. The number of hydrogen-bond donors (Lipinski definition) is 0. The molecular formula is C31H36FNO5. The first kappa shape index (κ1) is 27.5. The van der Waals surface area contributed by atoms with Gasteiger partial charge in [-0.05, 0) is 80.6 Å². The maximum absolute atomic E-state index is 13.2. The molecule has 7 heteroatoms. The number of likely N-dealkylation sites (tertiary alicyclic amines) is 1. The summed E-state index contributed by atoms with van der Waals surface area (Å²) in [6.07, 6.45) is 3.76. The first-order valence-corrected chi connectivity index (χ1v) is 13.0. The zero-order valence-electron chi connectivity index (χ0n) is 22.6. The van der Waals surface area contributed by atoms with Crippen molar-refractivity contribution in [1.29, 1.82) is 0 Å². The summed E-state index contributed by atoms with van der Waals surface area (Å²) >= 11 is 0. The Hall–Kier alpha value is -3.58. The van der Waals surface area contributed by atoms with Crippen molar-refractivity contribution >= 4 is 5.97 Å². The molecular weight excluding hydrogens is 485 g/mol. The second-order valence-electron chi connectivity index (χ2n) is 9.62. The largest absolute Gasteiger partial charge is 0.496 e. The topological polar surface area (TPSA) is 57.2 Å². The molecule has 0 aliphatic carbocycles. The Morgan fingerprint density at radius 2 is 1.58 bits per heavy atom. The molecule has 1 heterocycles. The van der Waals surface area contributed by atoms with Crippen molar-refractivity contribution < 1.29 is 28.1 Å². The van der Waals surface area contributed by atoms with Crippen LogP contribution >= 0.6 is 0 Å². The summed E-state index contributed by atoms with van der Waals surface area (Å²) in [7, 11) is 4.87. The van der Waals surface area contributed by atoms with Gasteiger partial charge in [0.2, 0.25) is 0 Å². The number of piperidine rings is 1. The minimum Gasteiger partial charge on any atom is -0.496 e. The van der Waals surface area contributed by atoms with Gasteiger partial charge in [0.05, 0.1) is 21.3 Å². The summed E-state index contributed by atoms with van der Waals surface area (Å²) in [6.45, 7) is 4.35. The lowest BCUT2D eigenvalue weighted by Gasteiger charge is -2.33. The maximum Gasteiger partial charge on any atom is 0.308 e. The van der Waals surface area contributed by atoms with Gasteiger partial charge in [0, 0.05) is 30.2 Å². The highest BCUT2D eigenvalue weighted by Crippen LogP contribution is 2.47. The Bertz CT molecular complexity index is 1240. The molecule has 0 saturated carbocycles. The van der Waals surface area contributed by atoms with Crippen molar-refractivity contribution in [1.82, 2.24) is 4.90 Å². The van der Waals surface area contributed by atoms with Gasteiger partial charge in [-0.15, -0.1) is 0 Å².